The second-order valence-corrected chi connectivity index (χ2v) is 6.49. The first-order chi connectivity index (χ1) is 9.31. The second-order valence-electron chi connectivity index (χ2n) is 6.49. The van der Waals surface area contributed by atoms with Crippen LogP contribution in [0, 0.1) is 5.92 Å². The molecule has 4 nitrogen and oxygen atoms in total. The van der Waals surface area contributed by atoms with Crippen LogP contribution in [0.2, 0.25) is 0 Å². The van der Waals surface area contributed by atoms with Crippen molar-refractivity contribution in [3.63, 3.8) is 0 Å². The van der Waals surface area contributed by atoms with Crippen molar-refractivity contribution in [2.24, 2.45) is 5.92 Å². The Kier molecular flexibility index (Phi) is 4.38. The van der Waals surface area contributed by atoms with Crippen LogP contribution in [-0.4, -0.2) is 61.0 Å². The summed E-state index contributed by atoms with van der Waals surface area (Å²) >= 11 is 0. The molecular weight excluding hydrogens is 238 g/mol. The van der Waals surface area contributed by atoms with Crippen LogP contribution >= 0.6 is 0 Å². The van der Waals surface area contributed by atoms with Crippen molar-refractivity contribution in [2.75, 3.05) is 39.3 Å². The summed E-state index contributed by atoms with van der Waals surface area (Å²) in [6, 6.07) is 0.828. The molecule has 0 bridgehead atoms. The average molecular weight is 265 g/mol. The second kappa shape index (κ2) is 6.23. The van der Waals surface area contributed by atoms with Gasteiger partial charge in [-0.05, 0) is 64.1 Å². The highest BCUT2D eigenvalue weighted by molar-refractivity contribution is 5.78. The number of hydrogen-bond donors (Lipinski definition) is 1. The van der Waals surface area contributed by atoms with Crippen LogP contribution in [0.3, 0.4) is 0 Å². The molecule has 0 unspecified atom stereocenters. The SMILES string of the molecule is O=C(CN1CCC(CNC2CC2)CC1)N1CCCC1. The third kappa shape index (κ3) is 3.93. The number of likely N-dealkylation sites (tertiary alicyclic amines) is 2. The number of piperidine rings is 1. The van der Waals surface area contributed by atoms with Crippen LogP contribution in [0.25, 0.3) is 0 Å². The van der Waals surface area contributed by atoms with Gasteiger partial charge >= 0.3 is 0 Å². The van der Waals surface area contributed by atoms with Gasteiger partial charge in [-0.1, -0.05) is 0 Å². The highest BCUT2D eigenvalue weighted by Crippen LogP contribution is 2.21. The molecule has 2 saturated heterocycles. The fourth-order valence-electron chi connectivity index (χ4n) is 3.23. The van der Waals surface area contributed by atoms with Crippen molar-refractivity contribution in [3.8, 4) is 0 Å². The molecule has 4 heteroatoms. The quantitative estimate of drug-likeness (QED) is 0.808. The predicted molar refractivity (Wildman–Crippen MR) is 76.0 cm³/mol. The van der Waals surface area contributed by atoms with Crippen molar-refractivity contribution in [1.29, 1.82) is 0 Å². The average Bonchev–Trinajstić information content (AvgIpc) is 3.09. The molecule has 3 rings (SSSR count). The molecule has 2 heterocycles. The van der Waals surface area contributed by atoms with E-state index in [4.69, 9.17) is 0 Å². The maximum absolute atomic E-state index is 12.1. The lowest BCUT2D eigenvalue weighted by Gasteiger charge is -2.32. The predicted octanol–water partition coefficient (Wildman–Crippen LogP) is 1.07. The van der Waals surface area contributed by atoms with E-state index < -0.39 is 0 Å². The summed E-state index contributed by atoms with van der Waals surface area (Å²) in [4.78, 5) is 16.5. The first-order valence-electron chi connectivity index (χ1n) is 8.05. The van der Waals surface area contributed by atoms with Gasteiger partial charge in [0.25, 0.3) is 0 Å². The Labute approximate surface area is 116 Å². The molecule has 0 aromatic carbocycles. The van der Waals surface area contributed by atoms with Gasteiger partial charge in [-0.3, -0.25) is 9.69 Å². The molecule has 1 saturated carbocycles. The number of rotatable bonds is 5. The van der Waals surface area contributed by atoms with E-state index in [1.165, 1.54) is 45.1 Å². The van der Waals surface area contributed by atoms with Crippen molar-refractivity contribution < 1.29 is 4.79 Å². The van der Waals surface area contributed by atoms with Crippen LogP contribution < -0.4 is 5.32 Å². The summed E-state index contributed by atoms with van der Waals surface area (Å²) < 4.78 is 0. The number of nitrogens with one attached hydrogen (secondary N) is 1. The van der Waals surface area contributed by atoms with Gasteiger partial charge in [0, 0.05) is 19.1 Å². The standard InChI is InChI=1S/C15H27N3O/c19-15(18-7-1-2-8-18)12-17-9-5-13(6-10-17)11-16-14-3-4-14/h13-14,16H,1-12H2. The van der Waals surface area contributed by atoms with Gasteiger partial charge in [-0.15, -0.1) is 0 Å². The fraction of sp³-hybridized carbons (Fsp3) is 0.933. The van der Waals surface area contributed by atoms with Crippen LogP contribution in [0.1, 0.15) is 38.5 Å². The highest BCUT2D eigenvalue weighted by Gasteiger charge is 2.26. The molecule has 0 aromatic heterocycles. The molecular formula is C15H27N3O. The van der Waals surface area contributed by atoms with Crippen LogP contribution in [0.15, 0.2) is 0 Å². The number of nitrogens with zero attached hydrogens (tertiary/aromatic N) is 2. The fourth-order valence-corrected chi connectivity index (χ4v) is 3.23. The van der Waals surface area contributed by atoms with E-state index in [9.17, 15) is 4.79 Å². The number of amides is 1. The van der Waals surface area contributed by atoms with E-state index in [-0.39, 0.29) is 0 Å². The first-order valence-corrected chi connectivity index (χ1v) is 8.05. The van der Waals surface area contributed by atoms with Crippen LogP contribution in [0.5, 0.6) is 0 Å². The molecule has 1 N–H and O–H groups in total. The van der Waals surface area contributed by atoms with Crippen LogP contribution in [-0.2, 0) is 4.79 Å². The summed E-state index contributed by atoms with van der Waals surface area (Å²) in [5.41, 5.74) is 0. The van der Waals surface area contributed by atoms with Crippen molar-refractivity contribution in [3.05, 3.63) is 0 Å². The van der Waals surface area contributed by atoms with Gasteiger partial charge in [-0.2, -0.15) is 0 Å². The lowest BCUT2D eigenvalue weighted by atomic mass is 9.97. The van der Waals surface area contributed by atoms with E-state index in [2.05, 4.69) is 10.2 Å². The van der Waals surface area contributed by atoms with Gasteiger partial charge < -0.3 is 10.2 Å². The Morgan fingerprint density at radius 1 is 1.00 bits per heavy atom. The van der Waals surface area contributed by atoms with Gasteiger partial charge in [0.05, 0.1) is 6.54 Å². The van der Waals surface area contributed by atoms with Gasteiger partial charge in [0.15, 0.2) is 0 Å². The lowest BCUT2D eigenvalue weighted by Crippen LogP contribution is -2.43. The van der Waals surface area contributed by atoms with Crippen LogP contribution in [0.4, 0.5) is 0 Å². The lowest BCUT2D eigenvalue weighted by molar-refractivity contribution is -0.131. The van der Waals surface area contributed by atoms with Crippen molar-refractivity contribution in [2.45, 2.75) is 44.6 Å². The summed E-state index contributed by atoms with van der Waals surface area (Å²) in [6.07, 6.45) is 7.66. The monoisotopic (exact) mass is 265 g/mol. The molecule has 0 radical (unpaired) electrons. The Morgan fingerprint density at radius 3 is 2.32 bits per heavy atom. The zero-order chi connectivity index (χ0) is 13.1. The minimum Gasteiger partial charge on any atom is -0.342 e. The molecule has 1 amide bonds. The third-order valence-corrected chi connectivity index (χ3v) is 4.80. The molecule has 0 aromatic rings. The molecule has 3 aliphatic rings. The largest absolute Gasteiger partial charge is 0.342 e. The molecule has 19 heavy (non-hydrogen) atoms. The van der Waals surface area contributed by atoms with E-state index in [0.29, 0.717) is 12.5 Å². The maximum atomic E-state index is 12.1. The number of carbonyl (C=O) groups excluding carboxylic acids is 1. The van der Waals surface area contributed by atoms with E-state index in [1.807, 2.05) is 4.90 Å². The van der Waals surface area contributed by atoms with Gasteiger partial charge in [0.2, 0.25) is 5.91 Å². The summed E-state index contributed by atoms with van der Waals surface area (Å²) in [6.45, 7) is 6.04. The van der Waals surface area contributed by atoms with Crippen molar-refractivity contribution in [1.82, 2.24) is 15.1 Å². The number of hydrogen-bond acceptors (Lipinski definition) is 3. The smallest absolute Gasteiger partial charge is 0.236 e. The summed E-state index contributed by atoms with van der Waals surface area (Å²) in [7, 11) is 0. The molecule has 3 fully saturated rings. The minimum absolute atomic E-state index is 0.354. The summed E-state index contributed by atoms with van der Waals surface area (Å²) in [5, 5.41) is 3.63. The zero-order valence-electron chi connectivity index (χ0n) is 11.9. The minimum atomic E-state index is 0.354. The van der Waals surface area contributed by atoms with Crippen molar-refractivity contribution >= 4 is 5.91 Å². The number of carbonyl (C=O) groups is 1. The summed E-state index contributed by atoms with van der Waals surface area (Å²) in [5.74, 6) is 1.19. The Hall–Kier alpha value is -0.610. The third-order valence-electron chi connectivity index (χ3n) is 4.80. The first kappa shape index (κ1) is 13.4. The van der Waals surface area contributed by atoms with E-state index in [1.54, 1.807) is 0 Å². The Morgan fingerprint density at radius 2 is 1.68 bits per heavy atom. The topological polar surface area (TPSA) is 35.6 Å². The Bertz CT molecular complexity index is 303. The molecule has 0 spiro atoms. The van der Waals surface area contributed by atoms with Gasteiger partial charge in [-0.25, -0.2) is 0 Å². The molecule has 108 valence electrons. The highest BCUT2D eigenvalue weighted by atomic mass is 16.2. The molecule has 0 atom stereocenters. The van der Waals surface area contributed by atoms with E-state index in [0.717, 1.165) is 38.1 Å². The van der Waals surface area contributed by atoms with E-state index >= 15 is 0 Å². The zero-order valence-corrected chi connectivity index (χ0v) is 11.9. The Balaban J connectivity index is 1.33. The maximum Gasteiger partial charge on any atom is 0.236 e. The van der Waals surface area contributed by atoms with Gasteiger partial charge in [0.1, 0.15) is 0 Å². The normalized spacial score (nSPS) is 26.0. The molecule has 2 aliphatic heterocycles. The molecule has 1 aliphatic carbocycles.